The Labute approximate surface area is 147 Å². The van der Waals surface area contributed by atoms with Crippen LogP contribution in [0, 0.1) is 6.92 Å². The average molecular weight is 340 g/mol. The molecule has 1 amide bonds. The summed E-state index contributed by atoms with van der Waals surface area (Å²) in [6.45, 7) is 3.21. The molecule has 6 heteroatoms. The van der Waals surface area contributed by atoms with Crippen LogP contribution in [0.4, 0.5) is 0 Å². The van der Waals surface area contributed by atoms with Crippen LogP contribution in [0.15, 0.2) is 36.5 Å². The Bertz CT molecular complexity index is 865. The second kappa shape index (κ2) is 7.53. The minimum atomic E-state index is -0.0128. The zero-order valence-electron chi connectivity index (χ0n) is 15.0. The first kappa shape index (κ1) is 17.2. The smallest absolute Gasteiger partial charge is 0.248 e. The number of nitrogens with one attached hydrogen (secondary N) is 1. The van der Waals surface area contributed by atoms with Crippen LogP contribution in [0.1, 0.15) is 17.0 Å². The van der Waals surface area contributed by atoms with E-state index < -0.39 is 0 Å². The zero-order valence-corrected chi connectivity index (χ0v) is 15.0. The maximum atomic E-state index is 12.5. The minimum absolute atomic E-state index is 0.0128. The number of fused-ring (bicyclic) bond motifs is 1. The zero-order chi connectivity index (χ0) is 17.8. The highest BCUT2D eigenvalue weighted by molar-refractivity contribution is 5.83. The first-order chi connectivity index (χ1) is 12.1. The lowest BCUT2D eigenvalue weighted by molar-refractivity contribution is -0.135. The summed E-state index contributed by atoms with van der Waals surface area (Å²) in [7, 11) is 3.45. The lowest BCUT2D eigenvalue weighted by Crippen LogP contribution is -2.35. The van der Waals surface area contributed by atoms with Gasteiger partial charge < -0.3 is 14.6 Å². The molecule has 0 aliphatic carbocycles. The van der Waals surface area contributed by atoms with Gasteiger partial charge >= 0.3 is 0 Å². The van der Waals surface area contributed by atoms with Gasteiger partial charge in [0.2, 0.25) is 5.91 Å². The van der Waals surface area contributed by atoms with E-state index in [9.17, 15) is 4.79 Å². The van der Waals surface area contributed by atoms with Crippen molar-refractivity contribution in [2.75, 3.05) is 20.3 Å². The molecule has 0 unspecified atom stereocenters. The van der Waals surface area contributed by atoms with Gasteiger partial charge in [-0.15, -0.1) is 0 Å². The van der Waals surface area contributed by atoms with E-state index in [4.69, 9.17) is 4.74 Å². The number of aryl methyl sites for hydroxylation is 2. The molecular weight excluding hydrogens is 316 g/mol. The van der Waals surface area contributed by atoms with Crippen molar-refractivity contribution < 1.29 is 9.53 Å². The fraction of sp³-hybridized carbons (Fsp3) is 0.368. The molecule has 0 radical (unpaired) electrons. The number of hydrogen-bond donors (Lipinski definition) is 1. The fourth-order valence-corrected chi connectivity index (χ4v) is 3.11. The quantitative estimate of drug-likeness (QED) is 0.718. The molecule has 2 aromatic heterocycles. The average Bonchev–Trinajstić information content (AvgIpc) is 3.14. The summed E-state index contributed by atoms with van der Waals surface area (Å²) in [6.07, 6.45) is 2.81. The van der Waals surface area contributed by atoms with Crippen LogP contribution in [-0.4, -0.2) is 45.8 Å². The molecule has 2 heterocycles. The number of H-pyrrole nitrogens is 1. The number of amides is 1. The molecule has 0 atom stereocenters. The van der Waals surface area contributed by atoms with Crippen LogP contribution in [0.25, 0.3) is 10.9 Å². The lowest BCUT2D eigenvalue weighted by Gasteiger charge is -2.22. The predicted molar refractivity (Wildman–Crippen MR) is 97.2 cm³/mol. The van der Waals surface area contributed by atoms with Gasteiger partial charge in [0, 0.05) is 37.8 Å². The molecule has 1 N–H and O–H groups in total. The summed E-state index contributed by atoms with van der Waals surface area (Å²) in [6, 6.07) is 10.2. The highest BCUT2D eigenvalue weighted by Gasteiger charge is 2.17. The van der Waals surface area contributed by atoms with Crippen molar-refractivity contribution in [1.82, 2.24) is 19.7 Å². The van der Waals surface area contributed by atoms with Crippen LogP contribution in [-0.2, 0) is 29.5 Å². The van der Waals surface area contributed by atoms with E-state index in [0.29, 0.717) is 13.1 Å². The van der Waals surface area contributed by atoms with Crippen molar-refractivity contribution in [1.29, 1.82) is 0 Å². The summed E-state index contributed by atoms with van der Waals surface area (Å²) in [5.74, 6) is -0.0128. The Morgan fingerprint density at radius 2 is 2.16 bits per heavy atom. The highest BCUT2D eigenvalue weighted by Crippen LogP contribution is 2.19. The Balaban J connectivity index is 1.75. The van der Waals surface area contributed by atoms with Crippen molar-refractivity contribution in [3.05, 3.63) is 53.5 Å². The number of rotatable bonds is 7. The van der Waals surface area contributed by atoms with E-state index in [1.54, 1.807) is 7.11 Å². The van der Waals surface area contributed by atoms with Gasteiger partial charge in [-0.3, -0.25) is 9.48 Å². The molecule has 0 fully saturated rings. The van der Waals surface area contributed by atoms with Gasteiger partial charge in [-0.1, -0.05) is 18.2 Å². The summed E-state index contributed by atoms with van der Waals surface area (Å²) in [5.41, 5.74) is 4.30. The van der Waals surface area contributed by atoms with E-state index in [2.05, 4.69) is 22.2 Å². The Morgan fingerprint density at radius 3 is 2.88 bits per heavy atom. The number of nitrogens with zero attached hydrogens (tertiary/aromatic N) is 3. The lowest BCUT2D eigenvalue weighted by atomic mass is 10.1. The molecular formula is C19H24N4O2. The van der Waals surface area contributed by atoms with Gasteiger partial charge in [-0.05, 0) is 31.0 Å². The molecule has 0 spiro atoms. The normalized spacial score (nSPS) is 11.2. The van der Waals surface area contributed by atoms with Crippen molar-refractivity contribution in [3.63, 3.8) is 0 Å². The van der Waals surface area contributed by atoms with E-state index in [-0.39, 0.29) is 12.5 Å². The summed E-state index contributed by atoms with van der Waals surface area (Å²) < 4.78 is 6.87. The highest BCUT2D eigenvalue weighted by atomic mass is 16.5. The second-order valence-corrected chi connectivity index (χ2v) is 6.26. The summed E-state index contributed by atoms with van der Waals surface area (Å²) in [5, 5.41) is 5.57. The molecule has 0 aliphatic heterocycles. The number of para-hydroxylation sites is 1. The maximum Gasteiger partial charge on any atom is 0.248 e. The van der Waals surface area contributed by atoms with Crippen molar-refractivity contribution in [2.45, 2.75) is 19.9 Å². The number of aromatic amines is 1. The molecule has 0 bridgehead atoms. The molecule has 3 rings (SSSR count). The molecule has 6 nitrogen and oxygen atoms in total. The van der Waals surface area contributed by atoms with E-state index in [1.807, 2.05) is 47.9 Å². The maximum absolute atomic E-state index is 12.5. The van der Waals surface area contributed by atoms with Crippen molar-refractivity contribution in [3.8, 4) is 0 Å². The number of carbonyl (C=O) groups excluding carboxylic acids is 1. The SMILES string of the molecule is COCC(=O)N(CCc1c[nH]c2ccccc12)Cc1cc(C)nn1C. The number of carbonyl (C=O) groups is 1. The third-order valence-electron chi connectivity index (χ3n) is 4.40. The molecule has 0 saturated heterocycles. The first-order valence-corrected chi connectivity index (χ1v) is 8.39. The number of benzene rings is 1. The monoisotopic (exact) mass is 340 g/mol. The fourth-order valence-electron chi connectivity index (χ4n) is 3.11. The van der Waals surface area contributed by atoms with Crippen LogP contribution in [0.2, 0.25) is 0 Å². The van der Waals surface area contributed by atoms with E-state index in [1.165, 1.54) is 10.9 Å². The second-order valence-electron chi connectivity index (χ2n) is 6.26. The van der Waals surface area contributed by atoms with Gasteiger partial charge in [-0.2, -0.15) is 5.10 Å². The van der Waals surface area contributed by atoms with Gasteiger partial charge in [0.15, 0.2) is 0 Å². The van der Waals surface area contributed by atoms with Gasteiger partial charge in [0.1, 0.15) is 6.61 Å². The molecule has 0 saturated carbocycles. The summed E-state index contributed by atoms with van der Waals surface area (Å²) in [4.78, 5) is 17.6. The summed E-state index contributed by atoms with van der Waals surface area (Å²) >= 11 is 0. The molecule has 25 heavy (non-hydrogen) atoms. The van der Waals surface area contributed by atoms with Crippen molar-refractivity contribution >= 4 is 16.8 Å². The third kappa shape index (κ3) is 3.91. The van der Waals surface area contributed by atoms with Crippen molar-refractivity contribution in [2.24, 2.45) is 7.05 Å². The minimum Gasteiger partial charge on any atom is -0.375 e. The first-order valence-electron chi connectivity index (χ1n) is 8.39. The topological polar surface area (TPSA) is 63.1 Å². The van der Waals surface area contributed by atoms with Gasteiger partial charge in [0.05, 0.1) is 17.9 Å². The predicted octanol–water partition coefficient (Wildman–Crippen LogP) is 2.43. The van der Waals surface area contributed by atoms with Crippen LogP contribution in [0.3, 0.4) is 0 Å². The molecule has 1 aromatic carbocycles. The molecule has 132 valence electrons. The number of hydrogen-bond acceptors (Lipinski definition) is 3. The van der Waals surface area contributed by atoms with Crippen LogP contribution >= 0.6 is 0 Å². The third-order valence-corrected chi connectivity index (χ3v) is 4.40. The number of ether oxygens (including phenoxy) is 1. The number of aromatic nitrogens is 3. The van der Waals surface area contributed by atoms with E-state index in [0.717, 1.165) is 23.3 Å². The largest absolute Gasteiger partial charge is 0.375 e. The van der Waals surface area contributed by atoms with Crippen LogP contribution < -0.4 is 0 Å². The molecule has 3 aromatic rings. The standard InChI is InChI=1S/C19H24N4O2/c1-14-10-16(22(2)21-14)12-23(19(24)13-25-3)9-8-15-11-20-18-7-5-4-6-17(15)18/h4-7,10-11,20H,8-9,12-13H2,1-3H3. The van der Waals surface area contributed by atoms with Gasteiger partial charge in [-0.25, -0.2) is 0 Å². The van der Waals surface area contributed by atoms with Gasteiger partial charge in [0.25, 0.3) is 0 Å². The number of methoxy groups -OCH3 is 1. The Morgan fingerprint density at radius 1 is 1.36 bits per heavy atom. The Hall–Kier alpha value is -2.60. The van der Waals surface area contributed by atoms with Crippen LogP contribution in [0.5, 0.6) is 0 Å². The Kier molecular flexibility index (Phi) is 5.19. The molecule has 0 aliphatic rings. The van der Waals surface area contributed by atoms with E-state index >= 15 is 0 Å².